The Morgan fingerprint density at radius 2 is 2.00 bits per heavy atom. The molecule has 0 radical (unpaired) electrons. The van der Waals surface area contributed by atoms with Crippen molar-refractivity contribution >= 4 is 5.78 Å². The number of ketones is 1. The van der Waals surface area contributed by atoms with E-state index in [4.69, 9.17) is 4.74 Å². The number of hydrogen-bond donors (Lipinski definition) is 1. The summed E-state index contributed by atoms with van der Waals surface area (Å²) < 4.78 is 8.48. The number of Topliss-reactive ketones (excluding diaryl/α,β-unsaturated/α-hetero) is 1. The minimum atomic E-state index is -0.536. The molecule has 1 N–H and O–H groups in total. The normalized spacial score (nSPS) is 51.7. The lowest BCUT2D eigenvalue weighted by atomic mass is 9.42. The van der Waals surface area contributed by atoms with Crippen LogP contribution in [0.5, 0.6) is 0 Å². The molecule has 0 aromatic carbocycles. The summed E-state index contributed by atoms with van der Waals surface area (Å²) in [5.41, 5.74) is 0.936. The average molecular weight is 441 g/mol. The largest absolute Gasteiger partial charge is 0.390 e. The molecule has 5 fully saturated rings. The van der Waals surface area contributed by atoms with Gasteiger partial charge in [-0.15, -0.1) is 0 Å². The Hall–Kier alpha value is -1.20. The van der Waals surface area contributed by atoms with Crippen LogP contribution >= 0.6 is 0 Å². The van der Waals surface area contributed by atoms with E-state index >= 15 is 0 Å². The molecule has 4 aliphatic carbocycles. The van der Waals surface area contributed by atoms with Crippen molar-refractivity contribution < 1.29 is 14.6 Å². The molecular formula is C27H40N2O3. The lowest BCUT2D eigenvalue weighted by Gasteiger charge is -2.61. The molecule has 6 rings (SSSR count). The monoisotopic (exact) mass is 440 g/mol. The van der Waals surface area contributed by atoms with E-state index in [2.05, 4.69) is 18.9 Å². The molecule has 176 valence electrons. The Labute approximate surface area is 192 Å². The average Bonchev–Trinajstić information content (AvgIpc) is 3.34. The number of carbonyl (C=O) groups is 1. The van der Waals surface area contributed by atoms with E-state index in [1.165, 1.54) is 12.8 Å². The van der Waals surface area contributed by atoms with Crippen LogP contribution in [0.1, 0.15) is 77.7 Å². The summed E-state index contributed by atoms with van der Waals surface area (Å²) in [7, 11) is 0. The summed E-state index contributed by atoms with van der Waals surface area (Å²) >= 11 is 0. The number of fused-ring (bicyclic) bond motifs is 3. The minimum absolute atomic E-state index is 0.118. The second-order valence-electron chi connectivity index (χ2n) is 12.7. The fraction of sp³-hybridized carbons (Fsp3) is 0.852. The summed E-state index contributed by atoms with van der Waals surface area (Å²) in [6, 6.07) is 0. The first-order chi connectivity index (χ1) is 15.1. The van der Waals surface area contributed by atoms with E-state index in [-0.39, 0.29) is 16.7 Å². The number of carbonyl (C=O) groups excluding carboxylic acids is 1. The first-order valence-corrected chi connectivity index (χ1v) is 13.0. The van der Waals surface area contributed by atoms with Crippen LogP contribution in [0.3, 0.4) is 0 Å². The predicted molar refractivity (Wildman–Crippen MR) is 122 cm³/mol. The molecule has 5 aliphatic rings. The molecule has 1 aliphatic heterocycles. The van der Waals surface area contributed by atoms with Crippen LogP contribution in [0.15, 0.2) is 12.4 Å². The molecule has 1 aromatic rings. The van der Waals surface area contributed by atoms with Crippen molar-refractivity contribution in [3.63, 3.8) is 0 Å². The maximum atomic E-state index is 13.4. The van der Waals surface area contributed by atoms with Gasteiger partial charge in [-0.25, -0.2) is 0 Å². The molecule has 2 unspecified atom stereocenters. The topological polar surface area (TPSA) is 64.4 Å². The van der Waals surface area contributed by atoms with Gasteiger partial charge in [0, 0.05) is 17.5 Å². The van der Waals surface area contributed by atoms with Crippen LogP contribution in [0.2, 0.25) is 0 Å². The van der Waals surface area contributed by atoms with Crippen LogP contribution in [-0.4, -0.2) is 38.5 Å². The predicted octanol–water partition coefficient (Wildman–Crippen LogP) is 4.55. The van der Waals surface area contributed by atoms with Crippen molar-refractivity contribution in [2.45, 2.75) is 103 Å². The number of nitrogens with zero attached hydrogens (tertiary/aromatic N) is 2. The maximum absolute atomic E-state index is 13.4. The third-order valence-electron chi connectivity index (χ3n) is 11.1. The van der Waals surface area contributed by atoms with Crippen LogP contribution in [0.4, 0.5) is 0 Å². The van der Waals surface area contributed by atoms with Gasteiger partial charge < -0.3 is 9.84 Å². The van der Waals surface area contributed by atoms with Gasteiger partial charge in [0.05, 0.1) is 30.6 Å². The number of rotatable bonds is 3. The molecule has 0 spiro atoms. The zero-order chi connectivity index (χ0) is 22.5. The zero-order valence-electron chi connectivity index (χ0n) is 20.2. The number of hydrogen-bond acceptors (Lipinski definition) is 4. The van der Waals surface area contributed by atoms with Crippen LogP contribution in [0, 0.1) is 47.3 Å². The Bertz CT molecular complexity index is 924. The van der Waals surface area contributed by atoms with Crippen molar-refractivity contribution in [3.8, 4) is 0 Å². The zero-order valence-corrected chi connectivity index (χ0v) is 20.2. The lowest BCUT2D eigenvalue weighted by Crippen LogP contribution is -2.59. The Balaban J connectivity index is 1.27. The van der Waals surface area contributed by atoms with Crippen molar-refractivity contribution in [2.24, 2.45) is 40.4 Å². The molecule has 10 atom stereocenters. The second kappa shape index (κ2) is 6.91. The smallest absolute Gasteiger partial charge is 0.157 e. The molecule has 0 amide bonds. The molecule has 5 nitrogen and oxygen atoms in total. The molecular weight excluding hydrogens is 400 g/mol. The minimum Gasteiger partial charge on any atom is -0.390 e. The van der Waals surface area contributed by atoms with Crippen LogP contribution < -0.4 is 0 Å². The fourth-order valence-electron chi connectivity index (χ4n) is 9.79. The van der Waals surface area contributed by atoms with Gasteiger partial charge in [-0.1, -0.05) is 6.92 Å². The van der Waals surface area contributed by atoms with Gasteiger partial charge in [-0.05, 0) is 107 Å². The third-order valence-corrected chi connectivity index (χ3v) is 11.1. The van der Waals surface area contributed by atoms with E-state index in [9.17, 15) is 9.90 Å². The molecule has 2 bridgehead atoms. The fourth-order valence-corrected chi connectivity index (χ4v) is 9.79. The maximum Gasteiger partial charge on any atom is 0.157 e. The van der Waals surface area contributed by atoms with Crippen molar-refractivity contribution in [2.75, 3.05) is 0 Å². The van der Waals surface area contributed by atoms with Crippen LogP contribution in [-0.2, 0) is 16.1 Å². The quantitative estimate of drug-likeness (QED) is 0.749. The third kappa shape index (κ3) is 2.82. The highest BCUT2D eigenvalue weighted by molar-refractivity contribution is 5.82. The Morgan fingerprint density at radius 3 is 2.75 bits per heavy atom. The SMILES string of the molecule is Cc1cnn(CC(=O)[C@H]2CC[C@H]3[C@@H]4C[C@H]5O[C@H](C)[C@@]6(CC[C@@](C)(O)CC56)C4CC[C@]23C)c1. The number of ether oxygens (including phenoxy) is 1. The molecule has 5 heteroatoms. The Morgan fingerprint density at radius 1 is 1.19 bits per heavy atom. The molecule has 1 saturated heterocycles. The van der Waals surface area contributed by atoms with Gasteiger partial charge >= 0.3 is 0 Å². The second-order valence-corrected chi connectivity index (χ2v) is 12.7. The van der Waals surface area contributed by atoms with Gasteiger partial charge in [0.15, 0.2) is 5.78 Å². The molecule has 4 saturated carbocycles. The van der Waals surface area contributed by atoms with E-state index < -0.39 is 5.60 Å². The number of aryl methyl sites for hydroxylation is 1. The van der Waals surface area contributed by atoms with Crippen LogP contribution in [0.25, 0.3) is 0 Å². The highest BCUT2D eigenvalue weighted by Crippen LogP contribution is 2.71. The van der Waals surface area contributed by atoms with Crippen molar-refractivity contribution in [1.82, 2.24) is 9.78 Å². The first kappa shape index (κ1) is 21.3. The van der Waals surface area contributed by atoms with Gasteiger partial charge in [0.2, 0.25) is 0 Å². The number of aliphatic hydroxyl groups is 1. The first-order valence-electron chi connectivity index (χ1n) is 13.0. The van der Waals surface area contributed by atoms with Crippen molar-refractivity contribution in [3.05, 3.63) is 18.0 Å². The highest BCUT2D eigenvalue weighted by Gasteiger charge is 2.69. The number of aromatic nitrogens is 2. The lowest BCUT2D eigenvalue weighted by molar-refractivity contribution is -0.148. The molecule has 32 heavy (non-hydrogen) atoms. The van der Waals surface area contributed by atoms with E-state index in [0.29, 0.717) is 48.2 Å². The molecule has 2 heterocycles. The molecule has 1 aromatic heterocycles. The highest BCUT2D eigenvalue weighted by atomic mass is 16.5. The van der Waals surface area contributed by atoms with Gasteiger partial charge in [0.25, 0.3) is 0 Å². The Kier molecular flexibility index (Phi) is 4.61. The standard InChI is InChI=1S/C27H40N2O3/c1-16-13-28-29(14-16)15-23(30)21-6-5-19-18-11-24-22-12-25(3,31)9-10-27(22,17(2)32-24)20(18)7-8-26(19,21)4/h13-14,17-22,24,31H,5-12,15H2,1-4H3/t17-,18+,19+,20?,21-,22?,24-,25-,26+,27+/m1/s1. The summed E-state index contributed by atoms with van der Waals surface area (Å²) in [6.07, 6.45) is 13.1. The summed E-state index contributed by atoms with van der Waals surface area (Å²) in [6.45, 7) is 9.22. The summed E-state index contributed by atoms with van der Waals surface area (Å²) in [5, 5.41) is 15.2. The van der Waals surface area contributed by atoms with Gasteiger partial charge in [-0.2, -0.15) is 5.10 Å². The van der Waals surface area contributed by atoms with Gasteiger partial charge in [-0.3, -0.25) is 9.48 Å². The van der Waals surface area contributed by atoms with Gasteiger partial charge in [0.1, 0.15) is 0 Å². The van der Waals surface area contributed by atoms with E-state index in [1.807, 2.05) is 30.9 Å². The summed E-state index contributed by atoms with van der Waals surface area (Å²) in [5.74, 6) is 3.05. The summed E-state index contributed by atoms with van der Waals surface area (Å²) in [4.78, 5) is 13.4. The van der Waals surface area contributed by atoms with E-state index in [1.54, 1.807) is 0 Å². The van der Waals surface area contributed by atoms with Crippen molar-refractivity contribution in [1.29, 1.82) is 0 Å². The van der Waals surface area contributed by atoms with E-state index in [0.717, 1.165) is 44.1 Å².